The minimum atomic E-state index is 0.630. The Morgan fingerprint density at radius 1 is 0.941 bits per heavy atom. The van der Waals surface area contributed by atoms with E-state index in [2.05, 4.69) is 12.2 Å². The molecule has 0 saturated heterocycles. The highest BCUT2D eigenvalue weighted by molar-refractivity contribution is 4.96. The first-order valence-corrected chi connectivity index (χ1v) is 8.00. The van der Waals surface area contributed by atoms with Crippen LogP contribution >= 0.6 is 0 Å². The SMILES string of the molecule is CC(CNC1CC1)(CC1CCCCC1)C1CC1. The van der Waals surface area contributed by atoms with Crippen molar-refractivity contribution in [2.45, 2.75) is 77.2 Å². The molecule has 0 aromatic heterocycles. The van der Waals surface area contributed by atoms with Crippen LogP contribution in [0.4, 0.5) is 0 Å². The zero-order valence-corrected chi connectivity index (χ0v) is 11.5. The number of nitrogens with one attached hydrogen (secondary N) is 1. The van der Waals surface area contributed by atoms with Crippen molar-refractivity contribution in [1.82, 2.24) is 5.32 Å². The van der Waals surface area contributed by atoms with Gasteiger partial charge in [-0.2, -0.15) is 0 Å². The molecule has 3 fully saturated rings. The summed E-state index contributed by atoms with van der Waals surface area (Å²) in [6.45, 7) is 3.88. The van der Waals surface area contributed by atoms with Crippen LogP contribution in [0.2, 0.25) is 0 Å². The summed E-state index contributed by atoms with van der Waals surface area (Å²) in [7, 11) is 0. The summed E-state index contributed by atoms with van der Waals surface area (Å²) in [5.41, 5.74) is 0.630. The second kappa shape index (κ2) is 4.91. The van der Waals surface area contributed by atoms with Crippen LogP contribution in [-0.4, -0.2) is 12.6 Å². The normalized spacial score (nSPS) is 30.2. The molecule has 0 aliphatic heterocycles. The average Bonchev–Trinajstić information content (AvgIpc) is 3.18. The number of hydrogen-bond acceptors (Lipinski definition) is 1. The number of rotatable bonds is 6. The van der Waals surface area contributed by atoms with Gasteiger partial charge >= 0.3 is 0 Å². The molecule has 1 N–H and O–H groups in total. The van der Waals surface area contributed by atoms with Crippen LogP contribution in [-0.2, 0) is 0 Å². The Bertz CT molecular complexity index is 248. The lowest BCUT2D eigenvalue weighted by atomic mass is 9.72. The molecular formula is C16H29N. The summed E-state index contributed by atoms with van der Waals surface area (Å²) in [4.78, 5) is 0. The molecule has 0 bridgehead atoms. The van der Waals surface area contributed by atoms with Crippen LogP contribution in [0.1, 0.15) is 71.1 Å². The van der Waals surface area contributed by atoms with Gasteiger partial charge in [-0.15, -0.1) is 0 Å². The van der Waals surface area contributed by atoms with Crippen LogP contribution in [0.5, 0.6) is 0 Å². The molecule has 0 aromatic carbocycles. The first kappa shape index (κ1) is 12.0. The van der Waals surface area contributed by atoms with Crippen molar-refractivity contribution >= 4 is 0 Å². The highest BCUT2D eigenvalue weighted by atomic mass is 15.0. The van der Waals surface area contributed by atoms with Gasteiger partial charge in [0.15, 0.2) is 0 Å². The van der Waals surface area contributed by atoms with Crippen molar-refractivity contribution in [1.29, 1.82) is 0 Å². The molecule has 3 rings (SSSR count). The minimum Gasteiger partial charge on any atom is -0.313 e. The van der Waals surface area contributed by atoms with E-state index in [1.807, 2.05) is 0 Å². The maximum Gasteiger partial charge on any atom is 0.00684 e. The topological polar surface area (TPSA) is 12.0 Å². The van der Waals surface area contributed by atoms with Crippen molar-refractivity contribution in [2.24, 2.45) is 17.3 Å². The van der Waals surface area contributed by atoms with E-state index >= 15 is 0 Å². The van der Waals surface area contributed by atoms with Gasteiger partial charge in [0.25, 0.3) is 0 Å². The molecule has 0 amide bonds. The second-order valence-corrected chi connectivity index (χ2v) is 7.29. The summed E-state index contributed by atoms with van der Waals surface area (Å²) < 4.78 is 0. The summed E-state index contributed by atoms with van der Waals surface area (Å²) in [6.07, 6.45) is 14.9. The van der Waals surface area contributed by atoms with E-state index in [0.717, 1.165) is 17.9 Å². The number of hydrogen-bond donors (Lipinski definition) is 1. The molecule has 0 heterocycles. The summed E-state index contributed by atoms with van der Waals surface area (Å²) in [5, 5.41) is 3.81. The first-order chi connectivity index (χ1) is 8.26. The van der Waals surface area contributed by atoms with Crippen LogP contribution in [0, 0.1) is 17.3 Å². The fraction of sp³-hybridized carbons (Fsp3) is 1.00. The lowest BCUT2D eigenvalue weighted by Gasteiger charge is -2.35. The van der Waals surface area contributed by atoms with Crippen LogP contribution in [0.25, 0.3) is 0 Å². The molecule has 17 heavy (non-hydrogen) atoms. The Hall–Kier alpha value is -0.0400. The van der Waals surface area contributed by atoms with Crippen molar-refractivity contribution in [2.75, 3.05) is 6.54 Å². The quantitative estimate of drug-likeness (QED) is 0.730. The zero-order chi connectivity index (χ0) is 11.7. The third kappa shape index (κ3) is 3.24. The summed E-state index contributed by atoms with van der Waals surface area (Å²) >= 11 is 0. The van der Waals surface area contributed by atoms with Gasteiger partial charge in [-0.1, -0.05) is 39.0 Å². The Balaban J connectivity index is 1.53. The van der Waals surface area contributed by atoms with Crippen LogP contribution in [0.3, 0.4) is 0 Å². The molecular weight excluding hydrogens is 206 g/mol. The van der Waals surface area contributed by atoms with Crippen molar-refractivity contribution in [3.63, 3.8) is 0 Å². The molecule has 1 nitrogen and oxygen atoms in total. The molecule has 0 spiro atoms. The molecule has 1 heteroatoms. The molecule has 98 valence electrons. The largest absolute Gasteiger partial charge is 0.313 e. The zero-order valence-electron chi connectivity index (χ0n) is 11.5. The van der Waals surface area contributed by atoms with E-state index in [9.17, 15) is 0 Å². The van der Waals surface area contributed by atoms with E-state index in [0.29, 0.717) is 5.41 Å². The van der Waals surface area contributed by atoms with Gasteiger partial charge in [0.2, 0.25) is 0 Å². The highest BCUT2D eigenvalue weighted by Crippen LogP contribution is 2.50. The third-order valence-electron chi connectivity index (χ3n) is 5.41. The smallest absolute Gasteiger partial charge is 0.00684 e. The van der Waals surface area contributed by atoms with Crippen molar-refractivity contribution < 1.29 is 0 Å². The first-order valence-electron chi connectivity index (χ1n) is 8.00. The summed E-state index contributed by atoms with van der Waals surface area (Å²) in [5.74, 6) is 2.10. The summed E-state index contributed by atoms with van der Waals surface area (Å²) in [6, 6.07) is 0.888. The molecule has 3 aliphatic rings. The van der Waals surface area contributed by atoms with Crippen LogP contribution < -0.4 is 5.32 Å². The third-order valence-corrected chi connectivity index (χ3v) is 5.41. The van der Waals surface area contributed by atoms with Gasteiger partial charge in [-0.25, -0.2) is 0 Å². The van der Waals surface area contributed by atoms with Gasteiger partial charge in [-0.05, 0) is 49.4 Å². The maximum absolute atomic E-state index is 3.81. The van der Waals surface area contributed by atoms with E-state index < -0.39 is 0 Å². The van der Waals surface area contributed by atoms with Gasteiger partial charge in [-0.3, -0.25) is 0 Å². The Morgan fingerprint density at radius 2 is 1.65 bits per heavy atom. The standard InChI is InChI=1S/C16H29N/c1-16(14-7-8-14,12-17-15-9-10-15)11-13-5-3-2-4-6-13/h13-15,17H,2-12H2,1H3. The maximum atomic E-state index is 3.81. The van der Waals surface area contributed by atoms with Crippen molar-refractivity contribution in [3.05, 3.63) is 0 Å². The molecule has 0 aromatic rings. The molecule has 3 saturated carbocycles. The molecule has 1 atom stereocenters. The Morgan fingerprint density at radius 3 is 2.24 bits per heavy atom. The predicted molar refractivity (Wildman–Crippen MR) is 73.0 cm³/mol. The lowest BCUT2D eigenvalue weighted by Crippen LogP contribution is -2.36. The van der Waals surface area contributed by atoms with E-state index in [-0.39, 0.29) is 0 Å². The second-order valence-electron chi connectivity index (χ2n) is 7.29. The Labute approximate surface area is 107 Å². The van der Waals surface area contributed by atoms with Crippen molar-refractivity contribution in [3.8, 4) is 0 Å². The van der Waals surface area contributed by atoms with Gasteiger partial charge < -0.3 is 5.32 Å². The molecule has 3 aliphatic carbocycles. The Kier molecular flexibility index (Phi) is 3.47. The highest BCUT2D eigenvalue weighted by Gasteiger charge is 2.43. The lowest BCUT2D eigenvalue weighted by molar-refractivity contribution is 0.168. The predicted octanol–water partition coefficient (Wildman–Crippen LogP) is 4.13. The monoisotopic (exact) mass is 235 g/mol. The van der Waals surface area contributed by atoms with E-state index in [4.69, 9.17) is 0 Å². The minimum absolute atomic E-state index is 0.630. The molecule has 0 radical (unpaired) electrons. The van der Waals surface area contributed by atoms with Gasteiger partial charge in [0.1, 0.15) is 0 Å². The van der Waals surface area contributed by atoms with Crippen LogP contribution in [0.15, 0.2) is 0 Å². The fourth-order valence-electron chi connectivity index (χ4n) is 3.88. The average molecular weight is 235 g/mol. The fourth-order valence-corrected chi connectivity index (χ4v) is 3.88. The van der Waals surface area contributed by atoms with E-state index in [1.54, 1.807) is 0 Å². The van der Waals surface area contributed by atoms with Gasteiger partial charge in [0.05, 0.1) is 0 Å². The van der Waals surface area contributed by atoms with Gasteiger partial charge in [0, 0.05) is 12.6 Å². The molecule has 1 unspecified atom stereocenters. The van der Waals surface area contributed by atoms with E-state index in [1.165, 1.54) is 70.8 Å².